The molecule has 202 valence electrons. The number of ether oxygens (including phenoxy) is 1. The van der Waals surface area contributed by atoms with Gasteiger partial charge in [0.2, 0.25) is 11.8 Å². The van der Waals surface area contributed by atoms with Crippen LogP contribution >= 0.6 is 12.4 Å². The smallest absolute Gasteiger partial charge is 0.434 e. The molecular weight excluding hydrogens is 558 g/mol. The van der Waals surface area contributed by atoms with Crippen molar-refractivity contribution in [2.75, 3.05) is 7.11 Å². The van der Waals surface area contributed by atoms with Gasteiger partial charge in [-0.3, -0.25) is 5.41 Å². The number of nitrogens with one attached hydrogen (secondary N) is 1. The minimum absolute atomic E-state index is 0. The van der Waals surface area contributed by atoms with Crippen LogP contribution in [0.4, 0.5) is 43.9 Å². The molecule has 0 amide bonds. The van der Waals surface area contributed by atoms with E-state index in [1.54, 1.807) is 0 Å². The van der Waals surface area contributed by atoms with Gasteiger partial charge in [-0.2, -0.15) is 53.9 Å². The molecule has 3 aromatic rings. The lowest BCUT2D eigenvalue weighted by atomic mass is 10.2. The van der Waals surface area contributed by atoms with Gasteiger partial charge in [0.25, 0.3) is 0 Å². The van der Waals surface area contributed by atoms with Gasteiger partial charge in [0, 0.05) is 12.4 Å². The molecule has 0 saturated carbocycles. The minimum atomic E-state index is -5.19. The second kappa shape index (κ2) is 11.4. The number of hydrogen-bond acceptors (Lipinski definition) is 8. The number of halogens is 11. The quantitative estimate of drug-likeness (QED) is 0.206. The van der Waals surface area contributed by atoms with E-state index in [1.807, 2.05) is 0 Å². The largest absolute Gasteiger partial charge is 0.480 e. The Hall–Kier alpha value is -3.90. The average molecular weight is 569 g/mol. The summed E-state index contributed by atoms with van der Waals surface area (Å²) in [6, 6.07) is 0. The van der Waals surface area contributed by atoms with Gasteiger partial charge in [-0.25, -0.2) is 19.9 Å². The van der Waals surface area contributed by atoms with E-state index in [0.717, 1.165) is 19.6 Å². The van der Waals surface area contributed by atoms with Crippen LogP contribution in [-0.4, -0.2) is 42.8 Å². The first-order valence-electron chi connectivity index (χ1n) is 8.76. The Labute approximate surface area is 205 Å². The van der Waals surface area contributed by atoms with Gasteiger partial charge in [0.05, 0.1) is 18.2 Å². The third-order valence-corrected chi connectivity index (χ3v) is 3.80. The monoisotopic (exact) mass is 568 g/mol. The molecule has 9 nitrogen and oxygen atoms in total. The van der Waals surface area contributed by atoms with Crippen molar-refractivity contribution in [3.8, 4) is 17.3 Å². The van der Waals surface area contributed by atoms with E-state index in [-0.39, 0.29) is 12.4 Å². The molecule has 0 aliphatic heterocycles. The molecule has 3 N–H and O–H groups in total. The van der Waals surface area contributed by atoms with Gasteiger partial charge in [-0.15, -0.1) is 12.4 Å². The summed E-state index contributed by atoms with van der Waals surface area (Å²) < 4.78 is 131. The van der Waals surface area contributed by atoms with E-state index in [4.69, 9.17) is 11.1 Å². The molecule has 3 aromatic heterocycles. The highest BCUT2D eigenvalue weighted by Gasteiger charge is 2.42. The van der Waals surface area contributed by atoms with Crippen molar-refractivity contribution in [3.05, 3.63) is 53.5 Å². The average Bonchev–Trinajstić information content (AvgIpc) is 2.77. The highest BCUT2D eigenvalue weighted by atomic mass is 35.5. The maximum absolute atomic E-state index is 13.6. The Morgan fingerprint density at radius 1 is 0.838 bits per heavy atom. The third-order valence-electron chi connectivity index (χ3n) is 3.80. The Balaban J connectivity index is 0.000000417. The molecule has 0 aliphatic rings. The third kappa shape index (κ3) is 7.54. The van der Waals surface area contributed by atoms with Crippen LogP contribution in [-0.2, 0) is 18.5 Å². The molecule has 0 spiro atoms. The van der Waals surface area contributed by atoms with Crippen molar-refractivity contribution in [2.45, 2.75) is 18.5 Å². The first-order chi connectivity index (χ1) is 16.5. The van der Waals surface area contributed by atoms with Gasteiger partial charge < -0.3 is 10.5 Å². The zero-order chi connectivity index (χ0) is 27.5. The fraction of sp³-hybridized carbons (Fsp3) is 0.235. The molecule has 3 rings (SSSR count). The van der Waals surface area contributed by atoms with Crippen molar-refractivity contribution in [1.82, 2.24) is 29.9 Å². The molecule has 20 heteroatoms. The number of alkyl halides is 9. The van der Waals surface area contributed by atoms with Gasteiger partial charge in [-0.1, -0.05) is 0 Å². The number of nitrogens with zero attached hydrogens (tertiary/aromatic N) is 6. The lowest BCUT2D eigenvalue weighted by molar-refractivity contribution is -0.142. The van der Waals surface area contributed by atoms with Gasteiger partial charge >= 0.3 is 18.5 Å². The highest BCUT2D eigenvalue weighted by Crippen LogP contribution is 2.39. The summed E-state index contributed by atoms with van der Waals surface area (Å²) in [5.41, 5.74) is -1.10. The number of hydrogen-bond donors (Lipinski definition) is 2. The van der Waals surface area contributed by atoms with Crippen molar-refractivity contribution >= 4 is 18.2 Å². The molecule has 0 radical (unpaired) electrons. The summed E-state index contributed by atoms with van der Waals surface area (Å²) in [6.07, 6.45) is -12.0. The van der Waals surface area contributed by atoms with Crippen LogP contribution in [0.2, 0.25) is 0 Å². The summed E-state index contributed by atoms with van der Waals surface area (Å²) in [5.74, 6) is -5.01. The number of nitrogen functional groups attached to an aromatic ring is 1. The summed E-state index contributed by atoms with van der Waals surface area (Å²) in [5, 5.41) is 6.85. The van der Waals surface area contributed by atoms with Crippen LogP contribution in [0.5, 0.6) is 5.88 Å². The molecule has 0 atom stereocenters. The molecule has 0 saturated heterocycles. The molecule has 0 bridgehead atoms. The van der Waals surface area contributed by atoms with Gasteiger partial charge in [0.1, 0.15) is 18.5 Å². The Morgan fingerprint density at radius 3 is 1.78 bits per heavy atom. The van der Waals surface area contributed by atoms with E-state index in [2.05, 4.69) is 34.6 Å². The lowest BCUT2D eigenvalue weighted by Crippen LogP contribution is -2.20. The summed E-state index contributed by atoms with van der Waals surface area (Å²) >= 11 is 0. The SMILES string of the molecule is COc1nc(-c2cncnc2C(F)(F)F)nc(F)c1C(F)(F)F.Cl.N=C(N)c1cncnc1C(F)(F)F. The zero-order valence-electron chi connectivity index (χ0n) is 17.7. The number of aromatic nitrogens is 6. The zero-order valence-corrected chi connectivity index (χ0v) is 18.5. The van der Waals surface area contributed by atoms with E-state index >= 15 is 0 Å². The van der Waals surface area contributed by atoms with Gasteiger partial charge in [0.15, 0.2) is 22.8 Å². The lowest BCUT2D eigenvalue weighted by Gasteiger charge is -2.14. The molecule has 37 heavy (non-hydrogen) atoms. The van der Waals surface area contributed by atoms with E-state index in [9.17, 15) is 43.9 Å². The summed E-state index contributed by atoms with van der Waals surface area (Å²) in [6.45, 7) is 0. The first-order valence-corrected chi connectivity index (χ1v) is 8.76. The second-order valence-corrected chi connectivity index (χ2v) is 6.20. The van der Waals surface area contributed by atoms with Crippen LogP contribution in [0.3, 0.4) is 0 Å². The van der Waals surface area contributed by atoms with Crippen LogP contribution in [0.1, 0.15) is 22.5 Å². The Kier molecular flexibility index (Phi) is 9.62. The van der Waals surface area contributed by atoms with Crippen molar-refractivity contribution in [1.29, 1.82) is 5.41 Å². The normalized spacial score (nSPS) is 11.6. The van der Waals surface area contributed by atoms with Crippen molar-refractivity contribution < 1.29 is 48.6 Å². The number of amidine groups is 1. The van der Waals surface area contributed by atoms with Crippen LogP contribution < -0.4 is 10.5 Å². The minimum Gasteiger partial charge on any atom is -0.480 e. The van der Waals surface area contributed by atoms with Crippen LogP contribution in [0, 0.1) is 11.4 Å². The molecule has 3 heterocycles. The predicted octanol–water partition coefficient (Wildman–Crippen LogP) is 4.32. The van der Waals surface area contributed by atoms with Crippen LogP contribution in [0.25, 0.3) is 11.4 Å². The standard InChI is InChI=1S/C11H5F7N4O.C6H5F3N4.ClH/c1-23-9-5(10(13,14)15)7(12)21-8(22-9)4-2-19-3-20-6(4)11(16,17)18;7-6(8,9)4-3(5(10)11)1-12-2-13-4;/h2-3H,1H3;1-2H,(H3,10,11);1H. The fourth-order valence-corrected chi connectivity index (χ4v) is 2.39. The first kappa shape index (κ1) is 31.1. The molecular formula is C17H11ClF10N8O. The van der Waals surface area contributed by atoms with Gasteiger partial charge in [-0.05, 0) is 0 Å². The Morgan fingerprint density at radius 2 is 1.35 bits per heavy atom. The predicted molar refractivity (Wildman–Crippen MR) is 105 cm³/mol. The van der Waals surface area contributed by atoms with E-state index in [1.165, 1.54) is 0 Å². The summed E-state index contributed by atoms with van der Waals surface area (Å²) in [4.78, 5) is 18.7. The maximum Gasteiger partial charge on any atom is 0.434 e. The molecule has 0 fully saturated rings. The van der Waals surface area contributed by atoms with Crippen molar-refractivity contribution in [2.24, 2.45) is 5.73 Å². The highest BCUT2D eigenvalue weighted by molar-refractivity contribution is 5.95. The topological polar surface area (TPSA) is 136 Å². The molecule has 0 aromatic carbocycles. The molecule has 0 aliphatic carbocycles. The van der Waals surface area contributed by atoms with Crippen molar-refractivity contribution in [3.63, 3.8) is 0 Å². The van der Waals surface area contributed by atoms with Crippen LogP contribution in [0.15, 0.2) is 25.0 Å². The van der Waals surface area contributed by atoms with E-state index < -0.39 is 70.1 Å². The summed E-state index contributed by atoms with van der Waals surface area (Å²) in [7, 11) is 0.757. The fourth-order valence-electron chi connectivity index (χ4n) is 2.39. The Bertz CT molecular complexity index is 1250. The maximum atomic E-state index is 13.6. The second-order valence-electron chi connectivity index (χ2n) is 6.20. The molecule has 0 unspecified atom stereocenters. The number of methoxy groups -OCH3 is 1. The number of rotatable bonds is 3. The number of nitrogens with two attached hydrogens (primary N) is 1. The van der Waals surface area contributed by atoms with E-state index in [0.29, 0.717) is 12.5 Å².